The molecular formula is C18H24N4O. The number of aromatic nitrogens is 2. The van der Waals surface area contributed by atoms with Crippen molar-refractivity contribution in [2.24, 2.45) is 0 Å². The summed E-state index contributed by atoms with van der Waals surface area (Å²) in [5.41, 5.74) is 1.90. The first-order chi connectivity index (χ1) is 11.2. The normalized spacial score (nSPS) is 19.7. The van der Waals surface area contributed by atoms with Gasteiger partial charge in [-0.05, 0) is 31.9 Å². The zero-order valence-electron chi connectivity index (χ0n) is 13.8. The van der Waals surface area contributed by atoms with E-state index in [1.807, 2.05) is 17.9 Å². The zero-order chi connectivity index (χ0) is 16.2. The highest BCUT2D eigenvalue weighted by atomic mass is 16.2. The summed E-state index contributed by atoms with van der Waals surface area (Å²) in [5, 5.41) is 6.67. The Balaban J connectivity index is 1.67. The summed E-state index contributed by atoms with van der Waals surface area (Å²) in [6.45, 7) is 6.94. The van der Waals surface area contributed by atoms with Gasteiger partial charge in [0.15, 0.2) is 0 Å². The quantitative estimate of drug-likeness (QED) is 0.923. The summed E-state index contributed by atoms with van der Waals surface area (Å²) in [6.07, 6.45) is 2.64. The lowest BCUT2D eigenvalue weighted by molar-refractivity contribution is 0.0683. The molecule has 5 nitrogen and oxygen atoms in total. The molecule has 1 aromatic carbocycles. The van der Waals surface area contributed by atoms with Gasteiger partial charge >= 0.3 is 0 Å². The van der Waals surface area contributed by atoms with Gasteiger partial charge in [0.2, 0.25) is 0 Å². The Bertz CT molecular complexity index is 626. The first kappa shape index (κ1) is 15.7. The van der Waals surface area contributed by atoms with Crippen molar-refractivity contribution in [2.45, 2.75) is 32.4 Å². The number of aromatic amines is 1. The molecule has 1 aliphatic heterocycles. The van der Waals surface area contributed by atoms with Crippen LogP contribution in [0.1, 0.15) is 42.4 Å². The van der Waals surface area contributed by atoms with E-state index in [9.17, 15) is 4.79 Å². The molecule has 122 valence electrons. The van der Waals surface area contributed by atoms with E-state index in [2.05, 4.69) is 46.3 Å². The van der Waals surface area contributed by atoms with Gasteiger partial charge in [-0.15, -0.1) is 0 Å². The first-order valence-corrected chi connectivity index (χ1v) is 8.30. The van der Waals surface area contributed by atoms with Crippen molar-refractivity contribution in [3.63, 3.8) is 0 Å². The number of hydrogen-bond donors (Lipinski definition) is 1. The van der Waals surface area contributed by atoms with Gasteiger partial charge < -0.3 is 4.90 Å². The SMILES string of the molecule is CCN(C(=O)c1ccn[nH]1)[C@H]1CCN([C@@H](C)c2ccccc2)C1. The Kier molecular flexibility index (Phi) is 4.76. The van der Waals surface area contributed by atoms with E-state index in [0.29, 0.717) is 11.7 Å². The molecule has 2 aromatic rings. The molecule has 23 heavy (non-hydrogen) atoms. The number of H-pyrrole nitrogens is 1. The van der Waals surface area contributed by atoms with Crippen molar-refractivity contribution < 1.29 is 4.79 Å². The van der Waals surface area contributed by atoms with E-state index in [1.165, 1.54) is 5.56 Å². The van der Waals surface area contributed by atoms with E-state index in [1.54, 1.807) is 12.3 Å². The molecule has 1 aliphatic rings. The smallest absolute Gasteiger partial charge is 0.272 e. The second-order valence-corrected chi connectivity index (χ2v) is 6.09. The molecule has 1 saturated heterocycles. The minimum absolute atomic E-state index is 0.0456. The number of nitrogens with zero attached hydrogens (tertiary/aromatic N) is 3. The molecule has 1 amide bonds. The molecule has 2 heterocycles. The Hall–Kier alpha value is -2.14. The number of benzene rings is 1. The molecule has 1 fully saturated rings. The number of carbonyl (C=O) groups excluding carboxylic acids is 1. The molecule has 0 bridgehead atoms. The minimum atomic E-state index is 0.0456. The monoisotopic (exact) mass is 312 g/mol. The van der Waals surface area contributed by atoms with Crippen molar-refractivity contribution in [1.82, 2.24) is 20.0 Å². The standard InChI is InChI=1S/C18H24N4O/c1-3-22(18(23)17-9-11-19-20-17)16-10-12-21(13-16)14(2)15-7-5-4-6-8-15/h4-9,11,14,16H,3,10,12-13H2,1-2H3,(H,19,20)/t14-,16-/m0/s1. The Morgan fingerprint density at radius 1 is 1.39 bits per heavy atom. The molecule has 0 spiro atoms. The second kappa shape index (κ2) is 6.96. The van der Waals surface area contributed by atoms with E-state index in [4.69, 9.17) is 0 Å². The fraction of sp³-hybridized carbons (Fsp3) is 0.444. The Morgan fingerprint density at radius 3 is 2.83 bits per heavy atom. The number of carbonyl (C=O) groups is 1. The van der Waals surface area contributed by atoms with Crippen LogP contribution in [0.25, 0.3) is 0 Å². The fourth-order valence-electron chi connectivity index (χ4n) is 3.41. The molecule has 1 aromatic heterocycles. The molecule has 3 rings (SSSR count). The number of amides is 1. The third-order valence-electron chi connectivity index (χ3n) is 4.80. The van der Waals surface area contributed by atoms with Crippen molar-refractivity contribution in [3.8, 4) is 0 Å². The van der Waals surface area contributed by atoms with E-state index in [-0.39, 0.29) is 11.9 Å². The predicted molar refractivity (Wildman–Crippen MR) is 90.1 cm³/mol. The topological polar surface area (TPSA) is 52.2 Å². The van der Waals surface area contributed by atoms with Crippen LogP contribution in [0.2, 0.25) is 0 Å². The highest BCUT2D eigenvalue weighted by molar-refractivity contribution is 5.92. The highest BCUT2D eigenvalue weighted by Gasteiger charge is 2.32. The molecule has 2 atom stereocenters. The zero-order valence-corrected chi connectivity index (χ0v) is 13.8. The van der Waals surface area contributed by atoms with Gasteiger partial charge in [-0.25, -0.2) is 0 Å². The van der Waals surface area contributed by atoms with Crippen molar-refractivity contribution >= 4 is 5.91 Å². The molecule has 0 aliphatic carbocycles. The van der Waals surface area contributed by atoms with E-state index in [0.717, 1.165) is 26.1 Å². The van der Waals surface area contributed by atoms with Crippen LogP contribution >= 0.6 is 0 Å². The summed E-state index contributed by atoms with van der Waals surface area (Å²) < 4.78 is 0. The number of likely N-dealkylation sites (N-methyl/N-ethyl adjacent to an activating group) is 1. The first-order valence-electron chi connectivity index (χ1n) is 8.30. The van der Waals surface area contributed by atoms with Crippen LogP contribution in [0.15, 0.2) is 42.6 Å². The van der Waals surface area contributed by atoms with Gasteiger partial charge in [0.1, 0.15) is 5.69 Å². The third-order valence-corrected chi connectivity index (χ3v) is 4.80. The molecule has 0 unspecified atom stereocenters. The number of nitrogens with one attached hydrogen (secondary N) is 1. The molecular weight excluding hydrogens is 288 g/mol. The lowest BCUT2D eigenvalue weighted by atomic mass is 10.1. The van der Waals surface area contributed by atoms with Crippen LogP contribution in [0.3, 0.4) is 0 Å². The predicted octanol–water partition coefficient (Wildman–Crippen LogP) is 2.71. The van der Waals surface area contributed by atoms with E-state index >= 15 is 0 Å². The van der Waals surface area contributed by atoms with Crippen molar-refractivity contribution in [2.75, 3.05) is 19.6 Å². The summed E-state index contributed by atoms with van der Waals surface area (Å²) in [4.78, 5) is 17.0. The molecule has 5 heteroatoms. The number of rotatable bonds is 5. The summed E-state index contributed by atoms with van der Waals surface area (Å²) in [7, 11) is 0. The van der Waals surface area contributed by atoms with Gasteiger partial charge in [-0.1, -0.05) is 30.3 Å². The molecule has 1 N–H and O–H groups in total. The lowest BCUT2D eigenvalue weighted by Gasteiger charge is -2.29. The van der Waals surface area contributed by atoms with Crippen LogP contribution < -0.4 is 0 Å². The maximum atomic E-state index is 12.6. The van der Waals surface area contributed by atoms with Crippen LogP contribution in [0.4, 0.5) is 0 Å². The number of hydrogen-bond acceptors (Lipinski definition) is 3. The van der Waals surface area contributed by atoms with Crippen molar-refractivity contribution in [3.05, 3.63) is 53.9 Å². The van der Waals surface area contributed by atoms with Gasteiger partial charge in [0, 0.05) is 37.9 Å². The van der Waals surface area contributed by atoms with Crippen LogP contribution in [-0.2, 0) is 0 Å². The van der Waals surface area contributed by atoms with E-state index < -0.39 is 0 Å². The number of likely N-dealkylation sites (tertiary alicyclic amines) is 1. The summed E-state index contributed by atoms with van der Waals surface area (Å²) >= 11 is 0. The average molecular weight is 312 g/mol. The maximum Gasteiger partial charge on any atom is 0.272 e. The highest BCUT2D eigenvalue weighted by Crippen LogP contribution is 2.27. The average Bonchev–Trinajstić information content (AvgIpc) is 3.27. The van der Waals surface area contributed by atoms with Gasteiger partial charge in [0.25, 0.3) is 5.91 Å². The van der Waals surface area contributed by atoms with Crippen LogP contribution in [0, 0.1) is 0 Å². The van der Waals surface area contributed by atoms with Gasteiger partial charge in [-0.2, -0.15) is 5.10 Å². The molecule has 0 saturated carbocycles. The molecule has 0 radical (unpaired) electrons. The summed E-state index contributed by atoms with van der Waals surface area (Å²) in [6, 6.07) is 12.9. The third kappa shape index (κ3) is 3.29. The Morgan fingerprint density at radius 2 is 2.17 bits per heavy atom. The minimum Gasteiger partial charge on any atom is -0.333 e. The van der Waals surface area contributed by atoms with Crippen LogP contribution in [-0.4, -0.2) is 51.6 Å². The fourth-order valence-corrected chi connectivity index (χ4v) is 3.41. The lowest BCUT2D eigenvalue weighted by Crippen LogP contribution is -2.42. The summed E-state index contributed by atoms with van der Waals surface area (Å²) in [5.74, 6) is 0.0456. The van der Waals surface area contributed by atoms with Gasteiger partial charge in [-0.3, -0.25) is 14.8 Å². The Labute approximate surface area is 137 Å². The van der Waals surface area contributed by atoms with Crippen molar-refractivity contribution in [1.29, 1.82) is 0 Å². The van der Waals surface area contributed by atoms with Gasteiger partial charge in [0.05, 0.1) is 0 Å². The van der Waals surface area contributed by atoms with Crippen LogP contribution in [0.5, 0.6) is 0 Å². The second-order valence-electron chi connectivity index (χ2n) is 6.09. The maximum absolute atomic E-state index is 12.6. The largest absolute Gasteiger partial charge is 0.333 e.